The second-order valence-corrected chi connectivity index (χ2v) is 5.49. The van der Waals surface area contributed by atoms with Crippen LogP contribution in [0, 0.1) is 11.8 Å². The molecular formula is C13H21N3O2. The number of aromatic nitrogens is 3. The smallest absolute Gasteiger partial charge is 0.133 e. The highest BCUT2D eigenvalue weighted by molar-refractivity contribution is 5.01. The van der Waals surface area contributed by atoms with Crippen LogP contribution in [0.1, 0.15) is 30.9 Å². The first-order valence-electron chi connectivity index (χ1n) is 6.96. The molecule has 0 aliphatic carbocycles. The molecule has 1 saturated heterocycles. The van der Waals surface area contributed by atoms with Crippen LogP contribution in [0.5, 0.6) is 0 Å². The highest BCUT2D eigenvalue weighted by Gasteiger charge is 2.24. The molecule has 2 aliphatic rings. The number of hydrogen-bond acceptors (Lipinski definition) is 4. The molecule has 0 radical (unpaired) electrons. The van der Waals surface area contributed by atoms with Crippen molar-refractivity contribution >= 4 is 0 Å². The van der Waals surface area contributed by atoms with Gasteiger partial charge in [-0.3, -0.25) is 0 Å². The summed E-state index contributed by atoms with van der Waals surface area (Å²) in [6.07, 6.45) is 5.22. The average molecular weight is 251 g/mol. The summed E-state index contributed by atoms with van der Waals surface area (Å²) in [4.78, 5) is 0. The van der Waals surface area contributed by atoms with Crippen LogP contribution in [0.3, 0.4) is 0 Å². The fraction of sp³-hybridized carbons (Fsp3) is 0.846. The van der Waals surface area contributed by atoms with Gasteiger partial charge in [0.15, 0.2) is 0 Å². The molecule has 1 aromatic rings. The molecule has 1 unspecified atom stereocenters. The van der Waals surface area contributed by atoms with E-state index in [0.29, 0.717) is 11.8 Å². The summed E-state index contributed by atoms with van der Waals surface area (Å²) in [5.41, 5.74) is 0. The van der Waals surface area contributed by atoms with Gasteiger partial charge in [-0.05, 0) is 31.1 Å². The van der Waals surface area contributed by atoms with Crippen LogP contribution in [0.15, 0.2) is 0 Å². The molecule has 2 aliphatic heterocycles. The van der Waals surface area contributed by atoms with Crippen molar-refractivity contribution in [2.45, 2.75) is 38.6 Å². The molecule has 5 heteroatoms. The number of aliphatic hydroxyl groups is 1. The van der Waals surface area contributed by atoms with Crippen LogP contribution in [-0.2, 0) is 24.1 Å². The van der Waals surface area contributed by atoms with E-state index in [2.05, 4.69) is 14.8 Å². The molecule has 0 amide bonds. The van der Waals surface area contributed by atoms with Gasteiger partial charge in [0, 0.05) is 39.2 Å². The van der Waals surface area contributed by atoms with Gasteiger partial charge in [0.05, 0.1) is 0 Å². The van der Waals surface area contributed by atoms with Gasteiger partial charge in [-0.25, -0.2) is 0 Å². The standard InChI is InChI=1S/C13H21N3O2/c17-9-11-1-4-16-12(14-15-13(16)8-11)7-10-2-5-18-6-3-10/h10-11,17H,1-9H2. The first kappa shape index (κ1) is 12.1. The zero-order valence-electron chi connectivity index (χ0n) is 10.7. The Hall–Kier alpha value is -0.940. The van der Waals surface area contributed by atoms with Gasteiger partial charge in [0.2, 0.25) is 0 Å². The zero-order valence-corrected chi connectivity index (χ0v) is 10.7. The van der Waals surface area contributed by atoms with Gasteiger partial charge in [-0.2, -0.15) is 0 Å². The second kappa shape index (κ2) is 5.36. The molecule has 3 heterocycles. The molecule has 1 atom stereocenters. The Morgan fingerprint density at radius 2 is 2.00 bits per heavy atom. The predicted molar refractivity (Wildman–Crippen MR) is 66.2 cm³/mol. The molecule has 1 fully saturated rings. The van der Waals surface area contributed by atoms with Crippen molar-refractivity contribution in [2.75, 3.05) is 19.8 Å². The molecule has 1 aromatic heterocycles. The minimum Gasteiger partial charge on any atom is -0.396 e. The van der Waals surface area contributed by atoms with E-state index < -0.39 is 0 Å². The molecule has 1 N–H and O–H groups in total. The third-order valence-electron chi connectivity index (χ3n) is 4.21. The minimum atomic E-state index is 0.266. The lowest BCUT2D eigenvalue weighted by atomic mass is 9.95. The number of hydrogen-bond donors (Lipinski definition) is 1. The monoisotopic (exact) mass is 251 g/mol. The largest absolute Gasteiger partial charge is 0.396 e. The Balaban J connectivity index is 1.68. The topological polar surface area (TPSA) is 60.2 Å². The Labute approximate surface area is 107 Å². The first-order chi connectivity index (χ1) is 8.86. The van der Waals surface area contributed by atoms with Crippen LogP contribution >= 0.6 is 0 Å². The van der Waals surface area contributed by atoms with Gasteiger partial charge in [-0.1, -0.05) is 0 Å². The molecule has 0 saturated carbocycles. The summed E-state index contributed by atoms with van der Waals surface area (Å²) < 4.78 is 7.66. The number of fused-ring (bicyclic) bond motifs is 1. The fourth-order valence-corrected chi connectivity index (χ4v) is 2.97. The maximum Gasteiger partial charge on any atom is 0.133 e. The third-order valence-corrected chi connectivity index (χ3v) is 4.21. The quantitative estimate of drug-likeness (QED) is 0.863. The van der Waals surface area contributed by atoms with Crippen molar-refractivity contribution < 1.29 is 9.84 Å². The predicted octanol–water partition coefficient (Wildman–Crippen LogP) is 0.802. The van der Waals surface area contributed by atoms with E-state index in [1.165, 1.54) is 0 Å². The van der Waals surface area contributed by atoms with E-state index in [0.717, 1.165) is 63.5 Å². The summed E-state index contributed by atoms with van der Waals surface area (Å²) >= 11 is 0. The number of ether oxygens (including phenoxy) is 1. The van der Waals surface area contributed by atoms with Gasteiger partial charge in [-0.15, -0.1) is 10.2 Å². The number of aliphatic hydroxyl groups excluding tert-OH is 1. The van der Waals surface area contributed by atoms with Gasteiger partial charge in [0.25, 0.3) is 0 Å². The summed E-state index contributed by atoms with van der Waals surface area (Å²) in [6, 6.07) is 0. The van der Waals surface area contributed by atoms with E-state index in [1.807, 2.05) is 0 Å². The molecule has 100 valence electrons. The van der Waals surface area contributed by atoms with Crippen molar-refractivity contribution in [2.24, 2.45) is 11.8 Å². The molecule has 3 rings (SSSR count). The molecule has 0 spiro atoms. The Kier molecular flexibility index (Phi) is 3.61. The van der Waals surface area contributed by atoms with Crippen molar-refractivity contribution in [3.8, 4) is 0 Å². The van der Waals surface area contributed by atoms with E-state index in [1.54, 1.807) is 0 Å². The van der Waals surface area contributed by atoms with E-state index >= 15 is 0 Å². The molecule has 0 bridgehead atoms. The van der Waals surface area contributed by atoms with Crippen molar-refractivity contribution in [1.82, 2.24) is 14.8 Å². The Bertz CT molecular complexity index is 399. The summed E-state index contributed by atoms with van der Waals surface area (Å²) in [6.45, 7) is 3.00. The van der Waals surface area contributed by atoms with Crippen LogP contribution in [-0.4, -0.2) is 39.7 Å². The van der Waals surface area contributed by atoms with Gasteiger partial charge < -0.3 is 14.4 Å². The van der Waals surface area contributed by atoms with Gasteiger partial charge >= 0.3 is 0 Å². The lowest BCUT2D eigenvalue weighted by Crippen LogP contribution is -2.24. The summed E-state index contributed by atoms with van der Waals surface area (Å²) in [5, 5.41) is 17.9. The lowest BCUT2D eigenvalue weighted by molar-refractivity contribution is 0.0656. The highest BCUT2D eigenvalue weighted by Crippen LogP contribution is 2.23. The maximum absolute atomic E-state index is 9.21. The molecule has 18 heavy (non-hydrogen) atoms. The molecular weight excluding hydrogens is 230 g/mol. The normalized spacial score (nSPS) is 25.1. The fourth-order valence-electron chi connectivity index (χ4n) is 2.97. The van der Waals surface area contributed by atoms with E-state index in [-0.39, 0.29) is 6.61 Å². The molecule has 5 nitrogen and oxygen atoms in total. The molecule has 0 aromatic carbocycles. The van der Waals surface area contributed by atoms with E-state index in [9.17, 15) is 5.11 Å². The summed E-state index contributed by atoms with van der Waals surface area (Å²) in [7, 11) is 0. The van der Waals surface area contributed by atoms with Crippen molar-refractivity contribution in [3.05, 3.63) is 11.6 Å². The Morgan fingerprint density at radius 1 is 1.17 bits per heavy atom. The number of rotatable bonds is 3. The van der Waals surface area contributed by atoms with Crippen LogP contribution < -0.4 is 0 Å². The van der Waals surface area contributed by atoms with Crippen LogP contribution in [0.4, 0.5) is 0 Å². The average Bonchev–Trinajstić information content (AvgIpc) is 2.82. The SMILES string of the molecule is OCC1CCn2c(nnc2CC2CCOCC2)C1. The zero-order chi connectivity index (χ0) is 12.4. The van der Waals surface area contributed by atoms with Crippen molar-refractivity contribution in [1.29, 1.82) is 0 Å². The second-order valence-electron chi connectivity index (χ2n) is 5.49. The maximum atomic E-state index is 9.21. The third kappa shape index (κ3) is 2.42. The minimum absolute atomic E-state index is 0.266. The number of nitrogens with zero attached hydrogens (tertiary/aromatic N) is 3. The van der Waals surface area contributed by atoms with Gasteiger partial charge in [0.1, 0.15) is 11.6 Å². The lowest BCUT2D eigenvalue weighted by Gasteiger charge is -2.24. The van der Waals surface area contributed by atoms with Crippen LogP contribution in [0.25, 0.3) is 0 Å². The first-order valence-corrected chi connectivity index (χ1v) is 6.96. The van der Waals surface area contributed by atoms with E-state index in [4.69, 9.17) is 4.74 Å². The summed E-state index contributed by atoms with van der Waals surface area (Å²) in [5.74, 6) is 3.26. The van der Waals surface area contributed by atoms with Crippen LogP contribution in [0.2, 0.25) is 0 Å². The Morgan fingerprint density at radius 3 is 2.78 bits per heavy atom. The van der Waals surface area contributed by atoms with Crippen molar-refractivity contribution in [3.63, 3.8) is 0 Å². The highest BCUT2D eigenvalue weighted by atomic mass is 16.5.